The molecule has 1 aromatic carbocycles. The summed E-state index contributed by atoms with van der Waals surface area (Å²) in [6.45, 7) is 3.53. The van der Waals surface area contributed by atoms with Gasteiger partial charge in [-0.1, -0.05) is 43.1 Å². The first-order valence-corrected chi connectivity index (χ1v) is 8.09. The molecule has 1 N–H and O–H groups in total. The molecule has 0 aliphatic heterocycles. The maximum absolute atomic E-state index is 12.3. The lowest BCUT2D eigenvalue weighted by molar-refractivity contribution is -0.148. The molecule has 7 heteroatoms. The molecule has 0 saturated carbocycles. The van der Waals surface area contributed by atoms with Crippen molar-refractivity contribution in [2.75, 3.05) is 0 Å². The van der Waals surface area contributed by atoms with Crippen molar-refractivity contribution in [2.24, 2.45) is 5.92 Å². The van der Waals surface area contributed by atoms with Crippen molar-refractivity contribution in [1.29, 1.82) is 0 Å². The highest BCUT2D eigenvalue weighted by Gasteiger charge is 2.27. The van der Waals surface area contributed by atoms with Crippen LogP contribution < -0.4 is 5.32 Å². The average Bonchev–Trinajstić information content (AvgIpc) is 3.05. The molecule has 0 aliphatic carbocycles. The summed E-state index contributed by atoms with van der Waals surface area (Å²) in [7, 11) is 0. The number of rotatable bonds is 6. The van der Waals surface area contributed by atoms with Crippen LogP contribution in [0.2, 0.25) is 10.0 Å². The fourth-order valence-corrected chi connectivity index (χ4v) is 2.53. The van der Waals surface area contributed by atoms with Crippen LogP contribution >= 0.6 is 23.2 Å². The number of hydrogen-bond donors (Lipinski definition) is 1. The van der Waals surface area contributed by atoms with E-state index in [1.807, 2.05) is 0 Å². The number of esters is 1. The van der Waals surface area contributed by atoms with Crippen molar-refractivity contribution in [1.82, 2.24) is 5.32 Å². The van der Waals surface area contributed by atoms with E-state index in [1.165, 1.54) is 12.3 Å². The molecule has 1 amide bonds. The van der Waals surface area contributed by atoms with Gasteiger partial charge in [-0.25, -0.2) is 4.79 Å². The Bertz CT molecular complexity index is 693. The number of ether oxygens (including phenoxy) is 1. The molecule has 0 aliphatic rings. The number of benzene rings is 1. The van der Waals surface area contributed by atoms with Gasteiger partial charge in [0, 0.05) is 15.6 Å². The van der Waals surface area contributed by atoms with E-state index in [4.69, 9.17) is 32.4 Å². The molecule has 24 heavy (non-hydrogen) atoms. The lowest BCUT2D eigenvalue weighted by Gasteiger charge is -2.20. The minimum atomic E-state index is -0.816. The Morgan fingerprint density at radius 3 is 2.38 bits per heavy atom. The monoisotopic (exact) mass is 369 g/mol. The molecule has 2 aromatic rings. The van der Waals surface area contributed by atoms with Crippen LogP contribution in [0.1, 0.15) is 30.0 Å². The summed E-state index contributed by atoms with van der Waals surface area (Å²) in [4.78, 5) is 24.4. The smallest absolute Gasteiger partial charge is 0.329 e. The zero-order valence-corrected chi connectivity index (χ0v) is 14.7. The fourth-order valence-electron chi connectivity index (χ4n) is 2.02. The van der Waals surface area contributed by atoms with Gasteiger partial charge in [-0.3, -0.25) is 4.79 Å². The number of carbonyl (C=O) groups is 2. The molecule has 0 radical (unpaired) electrons. The van der Waals surface area contributed by atoms with Crippen molar-refractivity contribution >= 4 is 35.1 Å². The highest BCUT2D eigenvalue weighted by atomic mass is 35.5. The minimum absolute atomic E-state index is 0.0722. The number of amides is 1. The lowest BCUT2D eigenvalue weighted by atomic mass is 10.0. The first kappa shape index (κ1) is 18.4. The predicted molar refractivity (Wildman–Crippen MR) is 91.1 cm³/mol. The van der Waals surface area contributed by atoms with Gasteiger partial charge in [0.05, 0.1) is 6.26 Å². The van der Waals surface area contributed by atoms with E-state index in [2.05, 4.69) is 5.32 Å². The normalized spacial score (nSPS) is 12.0. The zero-order valence-electron chi connectivity index (χ0n) is 13.2. The van der Waals surface area contributed by atoms with Gasteiger partial charge in [0.2, 0.25) is 0 Å². The molecule has 0 unspecified atom stereocenters. The fraction of sp³-hybridized carbons (Fsp3) is 0.294. The van der Waals surface area contributed by atoms with Crippen molar-refractivity contribution in [3.63, 3.8) is 0 Å². The third-order valence-corrected chi connectivity index (χ3v) is 4.08. The maximum Gasteiger partial charge on any atom is 0.329 e. The van der Waals surface area contributed by atoms with Gasteiger partial charge in [-0.15, -0.1) is 0 Å². The molecule has 0 saturated heterocycles. The van der Waals surface area contributed by atoms with Crippen molar-refractivity contribution in [2.45, 2.75) is 26.5 Å². The summed E-state index contributed by atoms with van der Waals surface area (Å²) in [6, 6.07) is 7.32. The highest BCUT2D eigenvalue weighted by Crippen LogP contribution is 2.25. The molecule has 5 nitrogen and oxygen atoms in total. The third-order valence-electron chi connectivity index (χ3n) is 3.37. The second-order valence-electron chi connectivity index (χ2n) is 5.48. The van der Waals surface area contributed by atoms with Gasteiger partial charge in [0.15, 0.2) is 5.76 Å². The van der Waals surface area contributed by atoms with E-state index in [-0.39, 0.29) is 18.3 Å². The number of carbonyl (C=O) groups excluding carboxylic acids is 2. The summed E-state index contributed by atoms with van der Waals surface area (Å²) >= 11 is 12.1. The van der Waals surface area contributed by atoms with E-state index >= 15 is 0 Å². The molecule has 2 rings (SSSR count). The van der Waals surface area contributed by atoms with Crippen LogP contribution in [0.5, 0.6) is 0 Å². The van der Waals surface area contributed by atoms with Crippen LogP contribution in [-0.2, 0) is 16.1 Å². The van der Waals surface area contributed by atoms with Gasteiger partial charge in [0.25, 0.3) is 5.91 Å². The van der Waals surface area contributed by atoms with E-state index < -0.39 is 17.9 Å². The summed E-state index contributed by atoms with van der Waals surface area (Å²) in [5.74, 6) is -1.09. The zero-order chi connectivity index (χ0) is 17.7. The highest BCUT2D eigenvalue weighted by molar-refractivity contribution is 6.35. The van der Waals surface area contributed by atoms with Gasteiger partial charge in [0.1, 0.15) is 12.6 Å². The average molecular weight is 370 g/mol. The van der Waals surface area contributed by atoms with Crippen LogP contribution in [0.3, 0.4) is 0 Å². The molecule has 1 heterocycles. The molecule has 1 atom stereocenters. The molecule has 0 spiro atoms. The molecular formula is C17H17Cl2NO4. The number of halogens is 2. The third kappa shape index (κ3) is 4.52. The molecule has 0 fully saturated rings. The lowest BCUT2D eigenvalue weighted by Crippen LogP contribution is -2.45. The largest absolute Gasteiger partial charge is 0.459 e. The summed E-state index contributed by atoms with van der Waals surface area (Å²) in [5.41, 5.74) is 0.522. The second kappa shape index (κ2) is 8.22. The van der Waals surface area contributed by atoms with Crippen molar-refractivity contribution in [3.8, 4) is 0 Å². The topological polar surface area (TPSA) is 68.5 Å². The van der Waals surface area contributed by atoms with Crippen LogP contribution in [0, 0.1) is 5.92 Å². The van der Waals surface area contributed by atoms with E-state index in [9.17, 15) is 9.59 Å². The van der Waals surface area contributed by atoms with Crippen LogP contribution in [0.25, 0.3) is 0 Å². The predicted octanol–water partition coefficient (Wildman–Crippen LogP) is 4.08. The maximum atomic E-state index is 12.3. The molecule has 1 aromatic heterocycles. The van der Waals surface area contributed by atoms with Gasteiger partial charge in [-0.2, -0.15) is 0 Å². The van der Waals surface area contributed by atoms with Crippen LogP contribution in [0.15, 0.2) is 41.0 Å². The first-order valence-electron chi connectivity index (χ1n) is 7.34. The Morgan fingerprint density at radius 1 is 1.17 bits per heavy atom. The summed E-state index contributed by atoms with van der Waals surface area (Å²) in [5, 5.41) is 3.44. The van der Waals surface area contributed by atoms with Crippen LogP contribution in [-0.4, -0.2) is 17.9 Å². The molecular weight excluding hydrogens is 353 g/mol. The standard InChI is InChI=1S/C17H17Cl2NO4/c1-10(2)15(20-16(21)14-7-4-8-23-14)17(22)24-9-11-12(18)5-3-6-13(11)19/h3-8,10,15H,9H2,1-2H3,(H,20,21)/t15-/m0/s1. The van der Waals surface area contributed by atoms with Crippen molar-refractivity contribution in [3.05, 3.63) is 58.0 Å². The Kier molecular flexibility index (Phi) is 6.29. The number of furan rings is 1. The molecule has 0 bridgehead atoms. The van der Waals surface area contributed by atoms with Crippen LogP contribution in [0.4, 0.5) is 0 Å². The quantitative estimate of drug-likeness (QED) is 0.778. The number of nitrogens with one attached hydrogen (secondary N) is 1. The summed E-state index contributed by atoms with van der Waals surface area (Å²) < 4.78 is 10.3. The Morgan fingerprint density at radius 2 is 1.83 bits per heavy atom. The molecule has 128 valence electrons. The Labute approximate surface area is 149 Å². The first-order chi connectivity index (χ1) is 11.4. The second-order valence-corrected chi connectivity index (χ2v) is 6.29. The SMILES string of the molecule is CC(C)[C@H](NC(=O)c1ccco1)C(=O)OCc1c(Cl)cccc1Cl. The van der Waals surface area contributed by atoms with Gasteiger partial charge >= 0.3 is 5.97 Å². The Hall–Kier alpha value is -1.98. The van der Waals surface area contributed by atoms with E-state index in [0.29, 0.717) is 15.6 Å². The minimum Gasteiger partial charge on any atom is -0.459 e. The number of hydrogen-bond acceptors (Lipinski definition) is 4. The van der Waals surface area contributed by atoms with Gasteiger partial charge in [-0.05, 0) is 30.2 Å². The van der Waals surface area contributed by atoms with E-state index in [1.54, 1.807) is 38.1 Å². The van der Waals surface area contributed by atoms with Crippen molar-refractivity contribution < 1.29 is 18.7 Å². The van der Waals surface area contributed by atoms with E-state index in [0.717, 1.165) is 0 Å². The summed E-state index contributed by atoms with van der Waals surface area (Å²) in [6.07, 6.45) is 1.39. The Balaban J connectivity index is 2.03. The van der Waals surface area contributed by atoms with Gasteiger partial charge < -0.3 is 14.5 Å².